The molecule has 2 N–H and O–H groups in total. The first kappa shape index (κ1) is 13.4. The minimum absolute atomic E-state index is 0.0318. The van der Waals surface area contributed by atoms with Crippen LogP contribution in [0.25, 0.3) is 0 Å². The van der Waals surface area contributed by atoms with Gasteiger partial charge in [0.1, 0.15) is 0 Å². The van der Waals surface area contributed by atoms with E-state index in [0.717, 1.165) is 0 Å². The number of β-amino-alcohol motifs (C(OH)–C–C–N with tert-alkyl or cyclic N) is 1. The van der Waals surface area contributed by atoms with Crippen molar-refractivity contribution in [3.63, 3.8) is 0 Å². The third-order valence-corrected chi connectivity index (χ3v) is 2.79. The van der Waals surface area contributed by atoms with Crippen LogP contribution in [0.15, 0.2) is 4.52 Å². The van der Waals surface area contributed by atoms with E-state index in [1.54, 1.807) is 7.11 Å². The van der Waals surface area contributed by atoms with Gasteiger partial charge in [0.05, 0.1) is 32.0 Å². The van der Waals surface area contributed by atoms with Gasteiger partial charge in [-0.15, -0.1) is 0 Å². The Balaban J connectivity index is 1.72. The molecule has 2 heterocycles. The third-order valence-electron chi connectivity index (χ3n) is 2.79. The number of rotatable bonds is 7. The summed E-state index contributed by atoms with van der Waals surface area (Å²) in [6.07, 6.45) is 0.900. The third kappa shape index (κ3) is 3.74. The SMILES string of the molecule is COCCOCCc1noc([C@@H]2C[C@@H](O)CN2)n1. The molecule has 0 radical (unpaired) electrons. The van der Waals surface area contributed by atoms with Crippen LogP contribution in [0.2, 0.25) is 0 Å². The van der Waals surface area contributed by atoms with E-state index >= 15 is 0 Å². The van der Waals surface area contributed by atoms with Crippen LogP contribution in [0, 0.1) is 0 Å². The van der Waals surface area contributed by atoms with E-state index in [2.05, 4.69) is 15.5 Å². The van der Waals surface area contributed by atoms with Gasteiger partial charge in [-0.05, 0) is 6.42 Å². The van der Waals surface area contributed by atoms with E-state index in [1.807, 2.05) is 0 Å². The van der Waals surface area contributed by atoms with Crippen LogP contribution in [0.1, 0.15) is 24.2 Å². The lowest BCUT2D eigenvalue weighted by Gasteiger charge is -2.02. The van der Waals surface area contributed by atoms with Crippen LogP contribution < -0.4 is 5.32 Å². The molecule has 0 aliphatic carbocycles. The number of nitrogens with zero attached hydrogens (tertiary/aromatic N) is 2. The smallest absolute Gasteiger partial charge is 0.243 e. The van der Waals surface area contributed by atoms with Gasteiger partial charge in [0.2, 0.25) is 5.89 Å². The Kier molecular flexibility index (Phi) is 5.06. The standard InChI is InChI=1S/C11H19N3O4/c1-16-4-5-17-3-2-10-13-11(18-14-10)9-6-8(15)7-12-9/h8-9,12,15H,2-7H2,1H3/t8-,9+/m1/s1. The van der Waals surface area contributed by atoms with Gasteiger partial charge < -0.3 is 24.4 Å². The zero-order valence-corrected chi connectivity index (χ0v) is 10.5. The lowest BCUT2D eigenvalue weighted by molar-refractivity contribution is 0.0714. The topological polar surface area (TPSA) is 89.6 Å². The van der Waals surface area contributed by atoms with Crippen LogP contribution in [0.3, 0.4) is 0 Å². The van der Waals surface area contributed by atoms with Crippen molar-refractivity contribution in [2.75, 3.05) is 33.5 Å². The number of aromatic nitrogens is 2. The van der Waals surface area contributed by atoms with Crippen molar-refractivity contribution in [3.8, 4) is 0 Å². The molecule has 1 fully saturated rings. The predicted molar refractivity (Wildman–Crippen MR) is 62.1 cm³/mol. The molecule has 0 saturated carbocycles. The molecule has 1 aliphatic rings. The lowest BCUT2D eigenvalue weighted by atomic mass is 10.2. The molecule has 1 aromatic rings. The highest BCUT2D eigenvalue weighted by molar-refractivity contribution is 4.97. The second-order valence-corrected chi connectivity index (χ2v) is 4.25. The predicted octanol–water partition coefficient (Wildman–Crippen LogP) is -0.330. The van der Waals surface area contributed by atoms with E-state index in [9.17, 15) is 5.11 Å². The first-order valence-corrected chi connectivity index (χ1v) is 6.10. The molecule has 18 heavy (non-hydrogen) atoms. The highest BCUT2D eigenvalue weighted by Gasteiger charge is 2.27. The Morgan fingerprint density at radius 1 is 1.44 bits per heavy atom. The quantitative estimate of drug-likeness (QED) is 0.646. The number of hydrogen-bond acceptors (Lipinski definition) is 7. The second-order valence-electron chi connectivity index (χ2n) is 4.25. The fourth-order valence-electron chi connectivity index (χ4n) is 1.82. The van der Waals surface area contributed by atoms with Gasteiger partial charge in [-0.1, -0.05) is 5.16 Å². The van der Waals surface area contributed by atoms with Crippen molar-refractivity contribution in [2.24, 2.45) is 0 Å². The molecule has 102 valence electrons. The lowest BCUT2D eigenvalue weighted by Crippen LogP contribution is -2.15. The number of nitrogens with one attached hydrogen (secondary N) is 1. The second kappa shape index (κ2) is 6.79. The summed E-state index contributed by atoms with van der Waals surface area (Å²) in [6, 6.07) is -0.0318. The first-order chi connectivity index (χ1) is 8.79. The summed E-state index contributed by atoms with van der Waals surface area (Å²) >= 11 is 0. The molecule has 0 bridgehead atoms. The normalized spacial score (nSPS) is 23.7. The molecule has 2 rings (SSSR count). The molecule has 1 aliphatic heterocycles. The number of aliphatic hydroxyl groups excluding tert-OH is 1. The van der Waals surface area contributed by atoms with E-state index < -0.39 is 0 Å². The van der Waals surface area contributed by atoms with Crippen molar-refractivity contribution in [1.82, 2.24) is 15.5 Å². The van der Waals surface area contributed by atoms with E-state index in [-0.39, 0.29) is 12.1 Å². The summed E-state index contributed by atoms with van der Waals surface area (Å²) in [6.45, 7) is 2.27. The molecule has 7 heteroatoms. The van der Waals surface area contributed by atoms with Gasteiger partial charge in [-0.3, -0.25) is 0 Å². The minimum Gasteiger partial charge on any atom is -0.392 e. The number of ether oxygens (including phenoxy) is 2. The highest BCUT2D eigenvalue weighted by Crippen LogP contribution is 2.21. The first-order valence-electron chi connectivity index (χ1n) is 6.10. The molecule has 1 saturated heterocycles. The van der Waals surface area contributed by atoms with Crippen LogP contribution >= 0.6 is 0 Å². The van der Waals surface area contributed by atoms with Crippen molar-refractivity contribution >= 4 is 0 Å². The van der Waals surface area contributed by atoms with Gasteiger partial charge >= 0.3 is 0 Å². The van der Waals surface area contributed by atoms with Crippen molar-refractivity contribution in [2.45, 2.75) is 25.0 Å². The zero-order chi connectivity index (χ0) is 12.8. The number of methoxy groups -OCH3 is 1. The Hall–Kier alpha value is -1.02. The average molecular weight is 257 g/mol. The maximum Gasteiger partial charge on any atom is 0.243 e. The molecular weight excluding hydrogens is 238 g/mol. The monoisotopic (exact) mass is 257 g/mol. The Labute approximate surface area is 105 Å². The van der Waals surface area contributed by atoms with Gasteiger partial charge in [0.15, 0.2) is 5.82 Å². The van der Waals surface area contributed by atoms with Gasteiger partial charge in [0.25, 0.3) is 0 Å². The van der Waals surface area contributed by atoms with E-state index in [4.69, 9.17) is 14.0 Å². The fourth-order valence-corrected chi connectivity index (χ4v) is 1.82. The summed E-state index contributed by atoms with van der Waals surface area (Å²) in [7, 11) is 1.64. The van der Waals surface area contributed by atoms with Gasteiger partial charge in [-0.25, -0.2) is 0 Å². The summed E-state index contributed by atoms with van der Waals surface area (Å²) < 4.78 is 15.4. The van der Waals surface area contributed by atoms with Crippen LogP contribution in [-0.4, -0.2) is 54.8 Å². The minimum atomic E-state index is -0.331. The summed E-state index contributed by atoms with van der Waals surface area (Å²) in [4.78, 5) is 4.28. The molecule has 2 atom stereocenters. The Morgan fingerprint density at radius 3 is 3.06 bits per heavy atom. The summed E-state index contributed by atoms with van der Waals surface area (Å²) in [5, 5.41) is 16.4. The van der Waals surface area contributed by atoms with Crippen LogP contribution in [0.5, 0.6) is 0 Å². The zero-order valence-electron chi connectivity index (χ0n) is 10.5. The molecule has 0 aromatic carbocycles. The molecular formula is C11H19N3O4. The number of aliphatic hydroxyl groups is 1. The average Bonchev–Trinajstić information content (AvgIpc) is 2.97. The molecule has 7 nitrogen and oxygen atoms in total. The van der Waals surface area contributed by atoms with Gasteiger partial charge in [0, 0.05) is 20.1 Å². The maximum atomic E-state index is 9.41. The maximum absolute atomic E-state index is 9.41. The largest absolute Gasteiger partial charge is 0.392 e. The van der Waals surface area contributed by atoms with Crippen molar-refractivity contribution < 1.29 is 19.1 Å². The summed E-state index contributed by atoms with van der Waals surface area (Å²) in [5.41, 5.74) is 0. The number of hydrogen-bond donors (Lipinski definition) is 2. The van der Waals surface area contributed by atoms with E-state index in [1.165, 1.54) is 0 Å². The van der Waals surface area contributed by atoms with Crippen LogP contribution in [-0.2, 0) is 15.9 Å². The molecule has 1 aromatic heterocycles. The molecule has 0 unspecified atom stereocenters. The van der Waals surface area contributed by atoms with Crippen LogP contribution in [0.4, 0.5) is 0 Å². The highest BCUT2D eigenvalue weighted by atomic mass is 16.5. The Bertz CT molecular complexity index is 358. The fraction of sp³-hybridized carbons (Fsp3) is 0.818. The van der Waals surface area contributed by atoms with Crippen molar-refractivity contribution in [1.29, 1.82) is 0 Å². The summed E-state index contributed by atoms with van der Waals surface area (Å²) in [5.74, 6) is 1.17. The molecule has 0 amide bonds. The Morgan fingerprint density at radius 2 is 2.33 bits per heavy atom. The molecule has 0 spiro atoms. The van der Waals surface area contributed by atoms with E-state index in [0.29, 0.717) is 50.9 Å². The van der Waals surface area contributed by atoms with Crippen molar-refractivity contribution in [3.05, 3.63) is 11.7 Å². The van der Waals surface area contributed by atoms with Gasteiger partial charge in [-0.2, -0.15) is 4.98 Å².